The molecule has 0 aromatic heterocycles. The van der Waals surface area contributed by atoms with Gasteiger partial charge in [0.1, 0.15) is 12.8 Å². The molecule has 0 amide bonds. The second kappa shape index (κ2) is 6.84. The highest BCUT2D eigenvalue weighted by atomic mass is 19.1. The van der Waals surface area contributed by atoms with Crippen molar-refractivity contribution < 1.29 is 28.6 Å². The number of hydrogen-bond donors (Lipinski definition) is 1. The van der Waals surface area contributed by atoms with Gasteiger partial charge in [-0.25, -0.2) is 4.39 Å². The first kappa shape index (κ1) is 21.4. The van der Waals surface area contributed by atoms with Gasteiger partial charge in [-0.2, -0.15) is 0 Å². The van der Waals surface area contributed by atoms with Crippen molar-refractivity contribution >= 4 is 17.5 Å². The van der Waals surface area contributed by atoms with Crippen LogP contribution in [-0.4, -0.2) is 41.0 Å². The van der Waals surface area contributed by atoms with Gasteiger partial charge >= 0.3 is 5.97 Å². The van der Waals surface area contributed by atoms with E-state index < -0.39 is 41.0 Å². The van der Waals surface area contributed by atoms with Crippen LogP contribution in [0.4, 0.5) is 4.39 Å². The molecule has 0 bridgehead atoms. The lowest BCUT2D eigenvalue weighted by Crippen LogP contribution is -2.60. The van der Waals surface area contributed by atoms with Crippen molar-refractivity contribution in [3.05, 3.63) is 23.3 Å². The molecule has 0 radical (unpaired) electrons. The second-order valence-electron chi connectivity index (χ2n) is 10.1. The average Bonchev–Trinajstić information content (AvgIpc) is 2.90. The zero-order chi connectivity index (χ0) is 22.1. The van der Waals surface area contributed by atoms with E-state index in [9.17, 15) is 19.5 Å². The molecule has 0 aromatic carbocycles. The van der Waals surface area contributed by atoms with Gasteiger partial charge in [-0.1, -0.05) is 32.4 Å². The lowest BCUT2D eigenvalue weighted by molar-refractivity contribution is -0.188. The van der Waals surface area contributed by atoms with Gasteiger partial charge in [-0.3, -0.25) is 14.4 Å². The van der Waals surface area contributed by atoms with Crippen LogP contribution in [0.2, 0.25) is 0 Å². The maximum Gasteiger partial charge on any atom is 0.303 e. The summed E-state index contributed by atoms with van der Waals surface area (Å²) in [6.45, 7) is 6.47. The van der Waals surface area contributed by atoms with Gasteiger partial charge in [-0.15, -0.1) is 0 Å². The highest BCUT2D eigenvalue weighted by Crippen LogP contribution is 2.68. The van der Waals surface area contributed by atoms with E-state index >= 15 is 4.39 Å². The molecule has 6 heteroatoms. The third-order valence-electron chi connectivity index (χ3n) is 8.72. The fraction of sp³-hybridized carbons (Fsp3) is 0.708. The fourth-order valence-electron chi connectivity index (χ4n) is 7.40. The normalized spacial score (nSPS) is 44.9. The quantitative estimate of drug-likeness (QED) is 0.561. The number of alkyl halides is 1. The zero-order valence-corrected chi connectivity index (χ0v) is 18.2. The molecule has 1 N–H and O–H groups in total. The number of fused-ring (bicyclic) bond motifs is 5. The first-order valence-electron chi connectivity index (χ1n) is 10.9. The zero-order valence-electron chi connectivity index (χ0n) is 18.2. The number of rotatable bonds is 3. The van der Waals surface area contributed by atoms with Crippen LogP contribution in [0.25, 0.3) is 0 Å². The Bertz CT molecular complexity index is 875. The lowest BCUT2D eigenvalue weighted by Gasteiger charge is -2.55. The van der Waals surface area contributed by atoms with Crippen molar-refractivity contribution in [2.45, 2.75) is 71.6 Å². The molecule has 5 nitrogen and oxygen atoms in total. The largest absolute Gasteiger partial charge is 0.450 e. The summed E-state index contributed by atoms with van der Waals surface area (Å²) in [6, 6.07) is 0. The van der Waals surface area contributed by atoms with E-state index in [1.807, 2.05) is 20.8 Å². The highest BCUT2D eigenvalue weighted by Gasteiger charge is 2.70. The summed E-state index contributed by atoms with van der Waals surface area (Å²) in [5.74, 6) is -1.44. The Morgan fingerprint density at radius 3 is 2.60 bits per heavy atom. The van der Waals surface area contributed by atoms with E-state index in [4.69, 9.17) is 4.74 Å². The molecule has 0 heterocycles. The van der Waals surface area contributed by atoms with E-state index in [2.05, 4.69) is 6.08 Å². The molecule has 0 spiro atoms. The van der Waals surface area contributed by atoms with E-state index in [-0.39, 0.29) is 30.0 Å². The van der Waals surface area contributed by atoms with Crippen LogP contribution in [0.5, 0.6) is 0 Å². The molecule has 0 aromatic rings. The maximum atomic E-state index is 15.4. The minimum atomic E-state index is -1.41. The van der Waals surface area contributed by atoms with Gasteiger partial charge in [0.05, 0.1) is 0 Å². The molecule has 0 unspecified atom stereocenters. The predicted octanol–water partition coefficient (Wildman–Crippen LogP) is 3.50. The Balaban J connectivity index is 1.84. The van der Waals surface area contributed by atoms with Gasteiger partial charge in [-0.05, 0) is 49.2 Å². The third-order valence-corrected chi connectivity index (χ3v) is 8.72. The van der Waals surface area contributed by atoms with Crippen molar-refractivity contribution in [3.8, 4) is 0 Å². The number of Topliss-reactive ketones (excluding diaryl/α,β-unsaturated/α-hetero) is 1. The fourth-order valence-corrected chi connectivity index (χ4v) is 7.40. The predicted molar refractivity (Wildman–Crippen MR) is 108 cm³/mol. The number of carbonyl (C=O) groups excluding carboxylic acids is 3. The number of ketones is 2. The SMILES string of the molecule is CC(=O)O[C@]1(C(=O)CO)[C@H](C)C[C@@H]2[C@@H]3C[C@H](F)C4=CC(=O)CC[C@@]4(C)C3=CC[C@]21C. The summed E-state index contributed by atoms with van der Waals surface area (Å²) in [5, 5.41) is 9.73. The average molecular weight is 419 g/mol. The second-order valence-corrected chi connectivity index (χ2v) is 10.1. The van der Waals surface area contributed by atoms with Gasteiger partial charge in [0.2, 0.25) is 5.78 Å². The van der Waals surface area contributed by atoms with Crippen molar-refractivity contribution in [1.29, 1.82) is 0 Å². The summed E-state index contributed by atoms with van der Waals surface area (Å²) < 4.78 is 21.1. The Morgan fingerprint density at radius 2 is 1.97 bits per heavy atom. The number of aliphatic hydroxyl groups excluding tert-OH is 1. The number of carbonyl (C=O) groups is 3. The summed E-state index contributed by atoms with van der Waals surface area (Å²) >= 11 is 0. The number of ether oxygens (including phenoxy) is 1. The van der Waals surface area contributed by atoms with E-state index in [1.54, 1.807) is 0 Å². The lowest BCUT2D eigenvalue weighted by atomic mass is 9.50. The standard InChI is InChI=1S/C24H31FO5/c1-13-9-18-16-11-20(25)19-10-15(28)5-7-22(19,3)17(16)6-8-23(18,4)24(13,21(29)12-26)30-14(2)27/h6,10,13,16,18,20,26H,5,7-9,11-12H2,1-4H3/t13-,16-,18-,20+,22+,23-,24+/m1/s1. The van der Waals surface area contributed by atoms with Crippen LogP contribution in [0.15, 0.2) is 23.3 Å². The monoisotopic (exact) mass is 418 g/mol. The van der Waals surface area contributed by atoms with Gasteiger partial charge in [0, 0.05) is 30.1 Å². The van der Waals surface area contributed by atoms with Gasteiger partial charge in [0.15, 0.2) is 11.4 Å². The van der Waals surface area contributed by atoms with Crippen molar-refractivity contribution in [1.82, 2.24) is 0 Å². The van der Waals surface area contributed by atoms with Crippen LogP contribution in [-0.2, 0) is 19.1 Å². The van der Waals surface area contributed by atoms with Crippen LogP contribution in [0.3, 0.4) is 0 Å². The summed E-state index contributed by atoms with van der Waals surface area (Å²) in [6.07, 6.45) is 4.85. The minimum Gasteiger partial charge on any atom is -0.450 e. The summed E-state index contributed by atoms with van der Waals surface area (Å²) in [5.41, 5.74) is -0.845. The first-order chi connectivity index (χ1) is 14.0. The Hall–Kier alpha value is -1.82. The van der Waals surface area contributed by atoms with Crippen LogP contribution >= 0.6 is 0 Å². The van der Waals surface area contributed by atoms with Gasteiger partial charge in [0.25, 0.3) is 0 Å². The summed E-state index contributed by atoms with van der Waals surface area (Å²) in [4.78, 5) is 37.0. The maximum absolute atomic E-state index is 15.4. The van der Waals surface area contributed by atoms with Crippen LogP contribution < -0.4 is 0 Å². The minimum absolute atomic E-state index is 0.0123. The molecule has 164 valence electrons. The van der Waals surface area contributed by atoms with E-state index in [0.717, 1.165) is 0 Å². The smallest absolute Gasteiger partial charge is 0.303 e. The van der Waals surface area contributed by atoms with Crippen molar-refractivity contribution in [2.24, 2.45) is 28.6 Å². The number of esters is 1. The molecule has 2 saturated carbocycles. The molecule has 4 aliphatic carbocycles. The molecule has 30 heavy (non-hydrogen) atoms. The topological polar surface area (TPSA) is 80.7 Å². The Kier molecular flexibility index (Phi) is 4.88. The molecular formula is C24H31FO5. The van der Waals surface area contributed by atoms with E-state index in [1.165, 1.54) is 18.6 Å². The van der Waals surface area contributed by atoms with Crippen molar-refractivity contribution in [3.63, 3.8) is 0 Å². The highest BCUT2D eigenvalue weighted by molar-refractivity contribution is 5.93. The van der Waals surface area contributed by atoms with Crippen molar-refractivity contribution in [2.75, 3.05) is 6.61 Å². The molecule has 0 aliphatic heterocycles. The molecule has 7 atom stereocenters. The third kappa shape index (κ3) is 2.58. The molecule has 4 aliphatic rings. The number of allylic oxidation sites excluding steroid dienone is 4. The Labute approximate surface area is 176 Å². The molecule has 4 rings (SSSR count). The van der Waals surface area contributed by atoms with Gasteiger partial charge < -0.3 is 9.84 Å². The number of aliphatic hydroxyl groups is 1. The molecule has 0 saturated heterocycles. The first-order valence-corrected chi connectivity index (χ1v) is 10.9. The summed E-state index contributed by atoms with van der Waals surface area (Å²) in [7, 11) is 0. The number of hydrogen-bond acceptors (Lipinski definition) is 5. The van der Waals surface area contributed by atoms with Crippen LogP contribution in [0, 0.1) is 28.6 Å². The van der Waals surface area contributed by atoms with E-state index in [0.29, 0.717) is 31.3 Å². The molecule has 2 fully saturated rings. The Morgan fingerprint density at radius 1 is 1.27 bits per heavy atom. The number of halogens is 1. The molecular weight excluding hydrogens is 387 g/mol. The van der Waals surface area contributed by atoms with Crippen LogP contribution in [0.1, 0.15) is 59.8 Å².